The van der Waals surface area contributed by atoms with Gasteiger partial charge in [0.25, 0.3) is 0 Å². The Kier molecular flexibility index (Phi) is 4.13. The first-order valence-corrected chi connectivity index (χ1v) is 6.04. The number of carboxylic acids is 1. The van der Waals surface area contributed by atoms with Crippen molar-refractivity contribution < 1.29 is 9.90 Å². The third-order valence-electron chi connectivity index (χ3n) is 2.57. The Morgan fingerprint density at radius 2 is 2.29 bits per heavy atom. The highest BCUT2D eigenvalue weighted by atomic mass is 32.2. The Bertz CT molecular complexity index is 482. The van der Waals surface area contributed by atoms with Crippen molar-refractivity contribution in [2.24, 2.45) is 0 Å². The van der Waals surface area contributed by atoms with Gasteiger partial charge in [0.05, 0.1) is 5.56 Å². The van der Waals surface area contributed by atoms with Crippen LogP contribution in [0.2, 0.25) is 0 Å². The van der Waals surface area contributed by atoms with E-state index in [1.54, 1.807) is 19.1 Å². The lowest BCUT2D eigenvalue weighted by Gasteiger charge is -2.22. The molecule has 0 saturated carbocycles. The van der Waals surface area contributed by atoms with E-state index in [9.17, 15) is 9.90 Å². The molecule has 1 aromatic heterocycles. The van der Waals surface area contributed by atoms with Gasteiger partial charge in [-0.15, -0.1) is 0 Å². The highest BCUT2D eigenvalue weighted by molar-refractivity contribution is 8.01. The van der Waals surface area contributed by atoms with Gasteiger partial charge in [-0.25, -0.2) is 4.98 Å². The number of rotatable bonds is 4. The van der Waals surface area contributed by atoms with E-state index < -0.39 is 10.7 Å². The van der Waals surface area contributed by atoms with Crippen molar-refractivity contribution >= 4 is 17.7 Å². The molecule has 1 heterocycles. The average molecular weight is 250 g/mol. The molecule has 1 aromatic rings. The number of pyridine rings is 1. The summed E-state index contributed by atoms with van der Waals surface area (Å²) in [4.78, 5) is 15.4. The van der Waals surface area contributed by atoms with Crippen LogP contribution in [0.1, 0.15) is 31.5 Å². The number of nitrogens with zero attached hydrogens (tertiary/aromatic N) is 2. The van der Waals surface area contributed by atoms with Crippen LogP contribution in [0.15, 0.2) is 17.2 Å². The van der Waals surface area contributed by atoms with Crippen LogP contribution >= 0.6 is 11.8 Å². The molecule has 0 bridgehead atoms. The maximum absolute atomic E-state index is 11.2. The molecule has 4 nitrogen and oxygen atoms in total. The second-order valence-electron chi connectivity index (χ2n) is 3.91. The number of nitriles is 1. The summed E-state index contributed by atoms with van der Waals surface area (Å²) in [6.07, 6.45) is 0.466. The second kappa shape index (κ2) is 5.19. The van der Waals surface area contributed by atoms with Crippen LogP contribution in [-0.4, -0.2) is 20.8 Å². The first-order chi connectivity index (χ1) is 7.92. The van der Waals surface area contributed by atoms with E-state index in [1.807, 2.05) is 19.9 Å². The van der Waals surface area contributed by atoms with Crippen LogP contribution in [-0.2, 0) is 4.79 Å². The summed E-state index contributed by atoms with van der Waals surface area (Å²) >= 11 is 1.13. The SMILES string of the molecule is CC[C@](C)(Sc1nc(C)ccc1C#N)C(=O)O. The molecule has 90 valence electrons. The van der Waals surface area contributed by atoms with Gasteiger partial charge in [0.1, 0.15) is 15.8 Å². The lowest BCUT2D eigenvalue weighted by atomic mass is 10.1. The summed E-state index contributed by atoms with van der Waals surface area (Å²) in [5.74, 6) is -0.891. The number of hydrogen-bond donors (Lipinski definition) is 1. The molecule has 0 fully saturated rings. The predicted molar refractivity (Wildman–Crippen MR) is 65.9 cm³/mol. The van der Waals surface area contributed by atoms with Crippen molar-refractivity contribution in [2.75, 3.05) is 0 Å². The molecule has 0 aromatic carbocycles. The highest BCUT2D eigenvalue weighted by Gasteiger charge is 2.33. The number of thioether (sulfide) groups is 1. The molecule has 1 N–H and O–H groups in total. The molecule has 17 heavy (non-hydrogen) atoms. The molecule has 0 radical (unpaired) electrons. The van der Waals surface area contributed by atoms with Crippen molar-refractivity contribution in [2.45, 2.75) is 37.0 Å². The minimum absolute atomic E-state index is 0.418. The van der Waals surface area contributed by atoms with Crippen molar-refractivity contribution in [3.05, 3.63) is 23.4 Å². The molecule has 0 saturated heterocycles. The Hall–Kier alpha value is -1.54. The molecule has 0 aliphatic heterocycles. The van der Waals surface area contributed by atoms with Crippen LogP contribution < -0.4 is 0 Å². The van der Waals surface area contributed by atoms with Gasteiger partial charge in [-0.2, -0.15) is 5.26 Å². The third kappa shape index (κ3) is 2.98. The standard InChI is InChI=1S/C12H14N2O2S/c1-4-12(3,11(15)16)17-10-9(7-13)6-5-8(2)14-10/h5-6H,4H2,1-3H3,(H,15,16)/t12-/m0/s1. The first-order valence-electron chi connectivity index (χ1n) is 5.23. The molecule has 0 aliphatic rings. The van der Waals surface area contributed by atoms with Gasteiger partial charge in [0.15, 0.2) is 0 Å². The van der Waals surface area contributed by atoms with Gasteiger partial charge >= 0.3 is 5.97 Å². The van der Waals surface area contributed by atoms with E-state index >= 15 is 0 Å². The van der Waals surface area contributed by atoms with Gasteiger partial charge < -0.3 is 5.11 Å². The van der Waals surface area contributed by atoms with Gasteiger partial charge in [0, 0.05) is 5.69 Å². The fourth-order valence-corrected chi connectivity index (χ4v) is 2.25. The zero-order valence-corrected chi connectivity index (χ0v) is 10.8. The molecule has 0 spiro atoms. The number of carboxylic acid groups (broad SMARTS) is 1. The Morgan fingerprint density at radius 1 is 1.65 bits per heavy atom. The molecule has 0 aliphatic carbocycles. The largest absolute Gasteiger partial charge is 0.480 e. The van der Waals surface area contributed by atoms with Crippen molar-refractivity contribution in [1.82, 2.24) is 4.98 Å². The fourth-order valence-electron chi connectivity index (χ4n) is 1.18. The van der Waals surface area contributed by atoms with E-state index in [1.165, 1.54) is 0 Å². The zero-order chi connectivity index (χ0) is 13.1. The molecule has 0 unspecified atom stereocenters. The second-order valence-corrected chi connectivity index (χ2v) is 5.40. The monoisotopic (exact) mass is 250 g/mol. The number of hydrogen-bond acceptors (Lipinski definition) is 4. The van der Waals surface area contributed by atoms with Crippen molar-refractivity contribution in [3.8, 4) is 6.07 Å². The molecular weight excluding hydrogens is 236 g/mol. The smallest absolute Gasteiger partial charge is 0.319 e. The van der Waals surface area contributed by atoms with Gasteiger partial charge in [-0.05, 0) is 32.4 Å². The van der Waals surface area contributed by atoms with E-state index in [4.69, 9.17) is 5.26 Å². The summed E-state index contributed by atoms with van der Waals surface area (Å²) < 4.78 is -0.952. The highest BCUT2D eigenvalue weighted by Crippen LogP contribution is 2.36. The first kappa shape index (κ1) is 13.5. The predicted octanol–water partition coefficient (Wildman–Crippen LogP) is 2.61. The molecule has 1 rings (SSSR count). The lowest BCUT2D eigenvalue weighted by Crippen LogP contribution is -2.30. The van der Waals surface area contributed by atoms with Crippen LogP contribution in [0.3, 0.4) is 0 Å². The van der Waals surface area contributed by atoms with Crippen LogP contribution in [0.4, 0.5) is 0 Å². The molecule has 1 atom stereocenters. The molecule has 5 heteroatoms. The maximum atomic E-state index is 11.2. The minimum atomic E-state index is -0.952. The summed E-state index contributed by atoms with van der Waals surface area (Å²) in [7, 11) is 0. The van der Waals surface area contributed by atoms with Crippen LogP contribution in [0.25, 0.3) is 0 Å². The number of aromatic nitrogens is 1. The zero-order valence-electron chi connectivity index (χ0n) is 10.0. The topological polar surface area (TPSA) is 74.0 Å². The fraction of sp³-hybridized carbons (Fsp3) is 0.417. The van der Waals surface area contributed by atoms with Crippen LogP contribution in [0, 0.1) is 18.3 Å². The van der Waals surface area contributed by atoms with Crippen molar-refractivity contribution in [1.29, 1.82) is 5.26 Å². The number of aliphatic carboxylic acids is 1. The van der Waals surface area contributed by atoms with E-state index in [0.29, 0.717) is 17.0 Å². The maximum Gasteiger partial charge on any atom is 0.319 e. The van der Waals surface area contributed by atoms with Gasteiger partial charge in [0.2, 0.25) is 0 Å². The average Bonchev–Trinajstić information content (AvgIpc) is 2.29. The Labute approximate surface area is 105 Å². The summed E-state index contributed by atoms with van der Waals surface area (Å²) in [5, 5.41) is 18.6. The number of carbonyl (C=O) groups is 1. The van der Waals surface area contributed by atoms with E-state index in [0.717, 1.165) is 17.5 Å². The van der Waals surface area contributed by atoms with Gasteiger partial charge in [-0.3, -0.25) is 4.79 Å². The number of aryl methyl sites for hydroxylation is 1. The quantitative estimate of drug-likeness (QED) is 0.831. The third-order valence-corrected chi connectivity index (χ3v) is 3.99. The summed E-state index contributed by atoms with van der Waals surface area (Å²) in [6.45, 7) is 5.27. The van der Waals surface area contributed by atoms with E-state index in [-0.39, 0.29) is 0 Å². The van der Waals surface area contributed by atoms with Crippen LogP contribution in [0.5, 0.6) is 0 Å². The molecule has 0 amide bonds. The van der Waals surface area contributed by atoms with Crippen molar-refractivity contribution in [3.63, 3.8) is 0 Å². The normalized spacial score (nSPS) is 13.8. The van der Waals surface area contributed by atoms with E-state index in [2.05, 4.69) is 4.98 Å². The molecular formula is C12H14N2O2S. The summed E-state index contributed by atoms with van der Waals surface area (Å²) in [5.41, 5.74) is 1.19. The summed E-state index contributed by atoms with van der Waals surface area (Å²) in [6, 6.07) is 5.44. The minimum Gasteiger partial charge on any atom is -0.480 e. The Balaban J connectivity index is 3.14. The van der Waals surface area contributed by atoms with Gasteiger partial charge in [-0.1, -0.05) is 18.7 Å². The Morgan fingerprint density at radius 3 is 2.76 bits per heavy atom. The lowest BCUT2D eigenvalue weighted by molar-refractivity contribution is -0.139.